The van der Waals surface area contributed by atoms with Crippen molar-refractivity contribution in [3.63, 3.8) is 0 Å². The van der Waals surface area contributed by atoms with E-state index in [9.17, 15) is 0 Å². The second kappa shape index (κ2) is 6.61. The van der Waals surface area contributed by atoms with Gasteiger partial charge in [0.1, 0.15) is 5.82 Å². The Morgan fingerprint density at radius 1 is 1.00 bits per heavy atom. The summed E-state index contributed by atoms with van der Waals surface area (Å²) in [7, 11) is 0. The van der Waals surface area contributed by atoms with Gasteiger partial charge in [-0.1, -0.05) is 29.8 Å². The van der Waals surface area contributed by atoms with Crippen LogP contribution >= 0.6 is 0 Å². The number of hydrogen-bond donors (Lipinski definition) is 1. The van der Waals surface area contributed by atoms with Crippen molar-refractivity contribution in [1.29, 1.82) is 0 Å². The van der Waals surface area contributed by atoms with E-state index in [4.69, 9.17) is 0 Å². The summed E-state index contributed by atoms with van der Waals surface area (Å²) in [5, 5.41) is 3.43. The fourth-order valence-electron chi connectivity index (χ4n) is 2.71. The summed E-state index contributed by atoms with van der Waals surface area (Å²) >= 11 is 0. The Hall–Kier alpha value is -2.03. The van der Waals surface area contributed by atoms with Crippen molar-refractivity contribution in [3.8, 4) is 0 Å². The van der Waals surface area contributed by atoms with Crippen LogP contribution in [0.4, 0.5) is 11.5 Å². The van der Waals surface area contributed by atoms with Crippen LogP contribution in [0, 0.1) is 6.92 Å². The third kappa shape index (κ3) is 3.75. The average Bonchev–Trinajstić information content (AvgIpc) is 2.56. The van der Waals surface area contributed by atoms with Crippen molar-refractivity contribution in [1.82, 2.24) is 4.98 Å². The fraction of sp³-hybridized carbons (Fsp3) is 0.389. The molecule has 1 aliphatic rings. The molecule has 3 nitrogen and oxygen atoms in total. The molecule has 1 saturated heterocycles. The molecule has 0 radical (unpaired) electrons. The maximum absolute atomic E-state index is 4.59. The molecule has 1 N–H and O–H groups in total. The number of aromatic nitrogens is 1. The molecule has 0 saturated carbocycles. The number of anilines is 2. The second-order valence-electron chi connectivity index (χ2n) is 5.79. The molecule has 0 spiro atoms. The molecule has 2 aromatic rings. The Labute approximate surface area is 127 Å². The number of nitrogens with one attached hydrogen (secondary N) is 1. The quantitative estimate of drug-likeness (QED) is 0.918. The molecule has 0 atom stereocenters. The van der Waals surface area contributed by atoms with Crippen molar-refractivity contribution in [3.05, 3.63) is 53.7 Å². The number of nitrogens with zero attached hydrogens (tertiary/aromatic N) is 2. The zero-order valence-electron chi connectivity index (χ0n) is 12.7. The van der Waals surface area contributed by atoms with Crippen molar-refractivity contribution < 1.29 is 0 Å². The Kier molecular flexibility index (Phi) is 4.39. The number of rotatable bonds is 4. The minimum Gasteiger partial charge on any atom is -0.380 e. The largest absolute Gasteiger partial charge is 0.380 e. The zero-order valence-corrected chi connectivity index (χ0v) is 12.7. The number of pyridine rings is 1. The molecule has 1 aromatic carbocycles. The van der Waals surface area contributed by atoms with Gasteiger partial charge in [-0.2, -0.15) is 0 Å². The molecule has 21 heavy (non-hydrogen) atoms. The first-order valence-electron chi connectivity index (χ1n) is 7.82. The smallest absolute Gasteiger partial charge is 0.128 e. The first kappa shape index (κ1) is 13.9. The van der Waals surface area contributed by atoms with E-state index in [1.807, 2.05) is 6.20 Å². The topological polar surface area (TPSA) is 28.2 Å². The summed E-state index contributed by atoms with van der Waals surface area (Å²) in [4.78, 5) is 6.97. The minimum atomic E-state index is 0.838. The number of benzene rings is 1. The highest BCUT2D eigenvalue weighted by Gasteiger charge is 2.11. The Bertz CT molecular complexity index is 554. The predicted molar refractivity (Wildman–Crippen MR) is 88.8 cm³/mol. The van der Waals surface area contributed by atoms with Gasteiger partial charge in [-0.3, -0.25) is 0 Å². The first-order chi connectivity index (χ1) is 10.3. The van der Waals surface area contributed by atoms with E-state index >= 15 is 0 Å². The normalized spacial score (nSPS) is 15.0. The van der Waals surface area contributed by atoms with Crippen LogP contribution in [0.25, 0.3) is 0 Å². The van der Waals surface area contributed by atoms with Crippen LogP contribution in [-0.2, 0) is 6.54 Å². The predicted octanol–water partition coefficient (Wildman–Crippen LogP) is 3.99. The van der Waals surface area contributed by atoms with Crippen LogP contribution < -0.4 is 10.2 Å². The summed E-state index contributed by atoms with van der Waals surface area (Å²) in [6.07, 6.45) is 5.87. The molecule has 2 heterocycles. The average molecular weight is 281 g/mol. The third-order valence-electron chi connectivity index (χ3n) is 4.05. The number of hydrogen-bond acceptors (Lipinski definition) is 3. The summed E-state index contributed by atoms with van der Waals surface area (Å²) in [6.45, 7) is 5.23. The van der Waals surface area contributed by atoms with E-state index in [0.29, 0.717) is 0 Å². The van der Waals surface area contributed by atoms with E-state index in [1.165, 1.54) is 30.4 Å². The molecule has 0 amide bonds. The van der Waals surface area contributed by atoms with Gasteiger partial charge in [-0.05, 0) is 43.9 Å². The van der Waals surface area contributed by atoms with E-state index < -0.39 is 0 Å². The molecular formula is C18H23N3. The van der Waals surface area contributed by atoms with E-state index in [0.717, 1.165) is 31.1 Å². The highest BCUT2D eigenvalue weighted by molar-refractivity contribution is 5.49. The minimum absolute atomic E-state index is 0.838. The lowest BCUT2D eigenvalue weighted by Crippen LogP contribution is -2.30. The van der Waals surface area contributed by atoms with Crippen molar-refractivity contribution in [2.24, 2.45) is 0 Å². The Morgan fingerprint density at radius 3 is 2.43 bits per heavy atom. The maximum atomic E-state index is 4.59. The van der Waals surface area contributed by atoms with Gasteiger partial charge in [-0.25, -0.2) is 4.98 Å². The lowest BCUT2D eigenvalue weighted by molar-refractivity contribution is 0.573. The van der Waals surface area contributed by atoms with Crippen molar-refractivity contribution in [2.45, 2.75) is 32.7 Å². The zero-order chi connectivity index (χ0) is 14.5. The highest BCUT2D eigenvalue weighted by Crippen LogP contribution is 2.19. The van der Waals surface area contributed by atoms with Crippen LogP contribution in [0.1, 0.15) is 30.4 Å². The monoisotopic (exact) mass is 281 g/mol. The lowest BCUT2D eigenvalue weighted by Gasteiger charge is -2.27. The van der Waals surface area contributed by atoms with Gasteiger partial charge in [0, 0.05) is 19.6 Å². The maximum Gasteiger partial charge on any atom is 0.128 e. The molecule has 0 unspecified atom stereocenters. The SMILES string of the molecule is Cc1ccc(CNc2ccc(N3CCCCC3)nc2)cc1. The van der Waals surface area contributed by atoms with E-state index in [-0.39, 0.29) is 0 Å². The van der Waals surface area contributed by atoms with Crippen LogP contribution in [0.3, 0.4) is 0 Å². The van der Waals surface area contributed by atoms with Crippen molar-refractivity contribution >= 4 is 11.5 Å². The molecule has 3 heteroatoms. The number of aryl methyl sites for hydroxylation is 1. The lowest BCUT2D eigenvalue weighted by atomic mass is 10.1. The van der Waals surface area contributed by atoms with E-state index in [2.05, 4.69) is 58.5 Å². The fourth-order valence-corrected chi connectivity index (χ4v) is 2.71. The van der Waals surface area contributed by atoms with Gasteiger partial charge in [0.15, 0.2) is 0 Å². The van der Waals surface area contributed by atoms with Gasteiger partial charge in [0.05, 0.1) is 11.9 Å². The molecule has 0 bridgehead atoms. The molecule has 3 rings (SSSR count). The molecule has 110 valence electrons. The summed E-state index contributed by atoms with van der Waals surface area (Å²) < 4.78 is 0. The van der Waals surface area contributed by atoms with Crippen LogP contribution in [0.2, 0.25) is 0 Å². The standard InChI is InChI=1S/C18H23N3/c1-15-5-7-16(8-6-15)13-19-17-9-10-18(20-14-17)21-11-3-2-4-12-21/h5-10,14,19H,2-4,11-13H2,1H3. The molecule has 1 aromatic heterocycles. The van der Waals surface area contributed by atoms with Gasteiger partial charge < -0.3 is 10.2 Å². The summed E-state index contributed by atoms with van der Waals surface area (Å²) in [5.74, 6) is 1.11. The van der Waals surface area contributed by atoms with Gasteiger partial charge in [0.25, 0.3) is 0 Å². The molecular weight excluding hydrogens is 258 g/mol. The van der Waals surface area contributed by atoms with Crippen LogP contribution in [-0.4, -0.2) is 18.1 Å². The van der Waals surface area contributed by atoms with Gasteiger partial charge >= 0.3 is 0 Å². The molecule has 1 aliphatic heterocycles. The summed E-state index contributed by atoms with van der Waals surface area (Å²) in [5.41, 5.74) is 3.67. The van der Waals surface area contributed by atoms with Gasteiger partial charge in [0.2, 0.25) is 0 Å². The van der Waals surface area contributed by atoms with Crippen LogP contribution in [0.15, 0.2) is 42.6 Å². The van der Waals surface area contributed by atoms with Crippen LogP contribution in [0.5, 0.6) is 0 Å². The molecule has 0 aliphatic carbocycles. The Morgan fingerprint density at radius 2 is 1.76 bits per heavy atom. The highest BCUT2D eigenvalue weighted by atomic mass is 15.2. The van der Waals surface area contributed by atoms with E-state index in [1.54, 1.807) is 0 Å². The Balaban J connectivity index is 1.57. The second-order valence-corrected chi connectivity index (χ2v) is 5.79. The first-order valence-corrected chi connectivity index (χ1v) is 7.82. The van der Waals surface area contributed by atoms with Crippen molar-refractivity contribution in [2.75, 3.05) is 23.3 Å². The number of piperidine rings is 1. The third-order valence-corrected chi connectivity index (χ3v) is 4.05. The van der Waals surface area contributed by atoms with Gasteiger partial charge in [-0.15, -0.1) is 0 Å². The molecule has 1 fully saturated rings. The summed E-state index contributed by atoms with van der Waals surface area (Å²) in [6, 6.07) is 12.9.